The molecule has 0 bridgehead atoms. The first-order valence-electron chi connectivity index (χ1n) is 11.4. The first kappa shape index (κ1) is 21.6. The van der Waals surface area contributed by atoms with E-state index in [-0.39, 0.29) is 17.8 Å². The summed E-state index contributed by atoms with van der Waals surface area (Å²) in [6.07, 6.45) is 7.05. The molecule has 0 radical (unpaired) electrons. The number of carbonyl (C=O) groups excluding carboxylic acids is 2. The Hall–Kier alpha value is -4.87. The van der Waals surface area contributed by atoms with Crippen LogP contribution in [0, 0.1) is 0 Å². The van der Waals surface area contributed by atoms with E-state index in [0.29, 0.717) is 29.2 Å². The number of aryl methyl sites for hydroxylation is 1. The number of carbonyl (C=O) groups is 2. The van der Waals surface area contributed by atoms with Gasteiger partial charge in [0.15, 0.2) is 5.82 Å². The number of fused-ring (bicyclic) bond motifs is 1. The van der Waals surface area contributed by atoms with Crippen LogP contribution in [0.1, 0.15) is 51.3 Å². The molecule has 5 aromatic rings. The number of imidazole rings is 1. The highest BCUT2D eigenvalue weighted by Crippen LogP contribution is 2.38. The van der Waals surface area contributed by atoms with E-state index in [1.165, 1.54) is 10.9 Å². The molecular formula is C24H21N9O3. The monoisotopic (exact) mass is 483 g/mol. The number of hydrogen-bond donors (Lipinski definition) is 2. The summed E-state index contributed by atoms with van der Waals surface area (Å²) in [6.45, 7) is 0.0762. The molecular weight excluding hydrogens is 462 g/mol. The Morgan fingerprint density at radius 3 is 2.72 bits per heavy atom. The van der Waals surface area contributed by atoms with Crippen molar-refractivity contribution in [2.75, 3.05) is 5.32 Å². The minimum atomic E-state index is -0.526. The summed E-state index contributed by atoms with van der Waals surface area (Å²) in [6, 6.07) is 11.4. The lowest BCUT2D eigenvalue weighted by atomic mass is 10.2. The van der Waals surface area contributed by atoms with E-state index in [0.717, 1.165) is 24.1 Å². The van der Waals surface area contributed by atoms with Gasteiger partial charge in [0.2, 0.25) is 11.7 Å². The largest absolute Gasteiger partial charge is 0.344 e. The van der Waals surface area contributed by atoms with Crippen LogP contribution in [0.5, 0.6) is 0 Å². The van der Waals surface area contributed by atoms with E-state index in [2.05, 4.69) is 35.8 Å². The minimum absolute atomic E-state index is 0.0762. The Bertz CT molecular complexity index is 1580. The summed E-state index contributed by atoms with van der Waals surface area (Å²) >= 11 is 0. The molecule has 1 aliphatic rings. The fraction of sp³-hybridized carbons (Fsp3) is 0.208. The predicted molar refractivity (Wildman–Crippen MR) is 127 cm³/mol. The first-order valence-corrected chi connectivity index (χ1v) is 11.4. The summed E-state index contributed by atoms with van der Waals surface area (Å²) in [5.74, 6) is 1.03. The lowest BCUT2D eigenvalue weighted by molar-refractivity contribution is 0.0935. The average molecular weight is 483 g/mol. The first-order chi connectivity index (χ1) is 17.5. The van der Waals surface area contributed by atoms with Crippen LogP contribution >= 0.6 is 0 Å². The van der Waals surface area contributed by atoms with Gasteiger partial charge in [0, 0.05) is 30.9 Å². The number of nitrogens with zero attached hydrogens (tertiary/aromatic N) is 7. The van der Waals surface area contributed by atoms with Gasteiger partial charge < -0.3 is 15.2 Å². The topological polar surface area (TPSA) is 145 Å². The van der Waals surface area contributed by atoms with E-state index >= 15 is 0 Å². The molecule has 12 heteroatoms. The number of aromatic nitrogens is 7. The molecule has 1 saturated carbocycles. The van der Waals surface area contributed by atoms with E-state index in [9.17, 15) is 9.59 Å². The molecule has 180 valence electrons. The van der Waals surface area contributed by atoms with Gasteiger partial charge in [-0.25, -0.2) is 4.98 Å². The van der Waals surface area contributed by atoms with Crippen molar-refractivity contribution in [3.8, 4) is 11.3 Å². The normalized spacial score (nSPS) is 13.1. The van der Waals surface area contributed by atoms with Crippen LogP contribution in [-0.4, -0.2) is 46.1 Å². The van der Waals surface area contributed by atoms with Crippen LogP contribution in [0.2, 0.25) is 0 Å². The summed E-state index contributed by atoms with van der Waals surface area (Å²) in [5.41, 5.74) is 1.94. The summed E-state index contributed by atoms with van der Waals surface area (Å²) in [4.78, 5) is 39.2. The van der Waals surface area contributed by atoms with Crippen molar-refractivity contribution in [3.05, 3.63) is 78.0 Å². The van der Waals surface area contributed by atoms with Crippen molar-refractivity contribution in [3.63, 3.8) is 0 Å². The van der Waals surface area contributed by atoms with E-state index < -0.39 is 11.8 Å². The average Bonchev–Trinajstić information content (AvgIpc) is 3.29. The second-order valence-electron chi connectivity index (χ2n) is 8.50. The van der Waals surface area contributed by atoms with Crippen molar-refractivity contribution in [2.24, 2.45) is 7.05 Å². The van der Waals surface area contributed by atoms with Gasteiger partial charge >= 0.3 is 0 Å². The number of rotatable bonds is 7. The second kappa shape index (κ2) is 8.73. The van der Waals surface area contributed by atoms with Crippen molar-refractivity contribution in [2.45, 2.75) is 25.3 Å². The minimum Gasteiger partial charge on any atom is -0.344 e. The van der Waals surface area contributed by atoms with Crippen LogP contribution < -0.4 is 10.6 Å². The summed E-state index contributed by atoms with van der Waals surface area (Å²) in [7, 11) is 1.59. The molecule has 12 nitrogen and oxygen atoms in total. The Balaban J connectivity index is 1.17. The number of amides is 2. The Kier molecular flexibility index (Phi) is 5.25. The fourth-order valence-corrected chi connectivity index (χ4v) is 3.83. The molecule has 4 heterocycles. The smallest absolute Gasteiger partial charge is 0.275 e. The zero-order chi connectivity index (χ0) is 24.6. The molecule has 0 spiro atoms. The van der Waals surface area contributed by atoms with Gasteiger partial charge in [-0.2, -0.15) is 15.1 Å². The third-order valence-corrected chi connectivity index (χ3v) is 5.85. The standard InChI is InChI=1S/C24H21N9O3/c1-32-20(16(11-26-32)21(34)25-12-19-29-23(36-31-19)15-7-8-15)22(35)28-18-9-10-33-13-17(27-24(33)30-18)14-5-3-2-4-6-14/h2-6,9-11,13,15H,7-8,12H2,1H3,(H,25,34)(H,27,28,30,35). The molecule has 1 fully saturated rings. The highest BCUT2D eigenvalue weighted by atomic mass is 16.5. The molecule has 0 aliphatic heterocycles. The molecule has 4 aromatic heterocycles. The molecule has 1 aromatic carbocycles. The predicted octanol–water partition coefficient (Wildman–Crippen LogP) is 2.57. The lowest BCUT2D eigenvalue weighted by Gasteiger charge is -2.07. The number of benzene rings is 1. The van der Waals surface area contributed by atoms with E-state index in [1.54, 1.807) is 23.7 Å². The van der Waals surface area contributed by atoms with Crippen molar-refractivity contribution >= 4 is 23.4 Å². The van der Waals surface area contributed by atoms with Gasteiger partial charge in [-0.05, 0) is 18.9 Å². The maximum Gasteiger partial charge on any atom is 0.275 e. The number of anilines is 1. The quantitative estimate of drug-likeness (QED) is 0.359. The zero-order valence-corrected chi connectivity index (χ0v) is 19.3. The maximum atomic E-state index is 13.1. The highest BCUT2D eigenvalue weighted by molar-refractivity contribution is 6.10. The molecule has 36 heavy (non-hydrogen) atoms. The molecule has 1 aliphatic carbocycles. The van der Waals surface area contributed by atoms with Crippen LogP contribution in [0.4, 0.5) is 5.82 Å². The molecule has 2 N–H and O–H groups in total. The summed E-state index contributed by atoms with van der Waals surface area (Å²) in [5, 5.41) is 13.4. The zero-order valence-electron chi connectivity index (χ0n) is 19.3. The third-order valence-electron chi connectivity index (χ3n) is 5.85. The molecule has 0 unspecified atom stereocenters. The van der Waals surface area contributed by atoms with Gasteiger partial charge in [-0.1, -0.05) is 35.5 Å². The van der Waals surface area contributed by atoms with E-state index in [4.69, 9.17) is 4.52 Å². The van der Waals surface area contributed by atoms with Crippen molar-refractivity contribution < 1.29 is 14.1 Å². The lowest BCUT2D eigenvalue weighted by Crippen LogP contribution is -2.27. The fourth-order valence-electron chi connectivity index (χ4n) is 3.83. The molecule has 6 rings (SSSR count). The molecule has 2 amide bonds. The van der Waals surface area contributed by atoms with Gasteiger partial charge in [0.1, 0.15) is 11.5 Å². The Morgan fingerprint density at radius 2 is 1.92 bits per heavy atom. The van der Waals surface area contributed by atoms with Crippen LogP contribution in [-0.2, 0) is 13.6 Å². The van der Waals surface area contributed by atoms with Gasteiger partial charge in [0.25, 0.3) is 11.8 Å². The number of nitrogens with one attached hydrogen (secondary N) is 2. The Morgan fingerprint density at radius 1 is 1.08 bits per heavy atom. The van der Waals surface area contributed by atoms with Crippen molar-refractivity contribution in [1.82, 2.24) is 39.6 Å². The third kappa shape index (κ3) is 4.19. The maximum absolute atomic E-state index is 13.1. The van der Waals surface area contributed by atoms with Crippen LogP contribution in [0.15, 0.2) is 59.5 Å². The second-order valence-corrected chi connectivity index (χ2v) is 8.50. The van der Waals surface area contributed by atoms with Gasteiger partial charge in [0.05, 0.1) is 24.0 Å². The Labute approximate surface area is 204 Å². The van der Waals surface area contributed by atoms with Crippen LogP contribution in [0.25, 0.3) is 17.0 Å². The van der Waals surface area contributed by atoms with Gasteiger partial charge in [-0.15, -0.1) is 0 Å². The summed E-state index contributed by atoms with van der Waals surface area (Å²) < 4.78 is 8.32. The van der Waals surface area contributed by atoms with Gasteiger partial charge in [-0.3, -0.25) is 18.7 Å². The number of hydrogen-bond acceptors (Lipinski definition) is 8. The SMILES string of the molecule is Cn1ncc(C(=O)NCc2noc(C3CC3)n2)c1C(=O)Nc1ccn2cc(-c3ccccc3)nc2n1. The van der Waals surface area contributed by atoms with E-state index in [1.807, 2.05) is 36.5 Å². The van der Waals surface area contributed by atoms with Crippen LogP contribution in [0.3, 0.4) is 0 Å². The molecule has 0 atom stereocenters. The highest BCUT2D eigenvalue weighted by Gasteiger charge is 2.30. The van der Waals surface area contributed by atoms with Crippen molar-refractivity contribution in [1.29, 1.82) is 0 Å². The molecule has 0 saturated heterocycles.